The third-order valence-corrected chi connectivity index (χ3v) is 3.77. The molecule has 0 aromatic heterocycles. The zero-order valence-electron chi connectivity index (χ0n) is 13.3. The van der Waals surface area contributed by atoms with E-state index in [0.29, 0.717) is 13.2 Å². The zero-order chi connectivity index (χ0) is 18.4. The molecule has 2 N–H and O–H groups in total. The van der Waals surface area contributed by atoms with E-state index in [1.165, 1.54) is 12.1 Å². The maximum atomic E-state index is 12.9. The summed E-state index contributed by atoms with van der Waals surface area (Å²) in [6, 6.07) is 11.0. The number of anilines is 1. The van der Waals surface area contributed by atoms with Gasteiger partial charge in [-0.3, -0.25) is 0 Å². The molecule has 0 fully saturated rings. The number of alkyl halides is 3. The molecule has 0 amide bonds. The summed E-state index contributed by atoms with van der Waals surface area (Å²) >= 11 is 10.7. The van der Waals surface area contributed by atoms with E-state index in [0.717, 1.165) is 17.4 Å². The summed E-state index contributed by atoms with van der Waals surface area (Å²) in [7, 11) is 0. The van der Waals surface area contributed by atoms with Crippen molar-refractivity contribution in [2.75, 3.05) is 11.9 Å². The van der Waals surface area contributed by atoms with Gasteiger partial charge in [-0.25, -0.2) is 0 Å². The quantitative estimate of drug-likeness (QED) is 0.686. The lowest BCUT2D eigenvalue weighted by atomic mass is 10.2. The largest absolute Gasteiger partial charge is 0.494 e. The van der Waals surface area contributed by atoms with Crippen molar-refractivity contribution in [3.63, 3.8) is 0 Å². The summed E-state index contributed by atoms with van der Waals surface area (Å²) in [6.45, 7) is 2.87. The molecule has 3 nitrogen and oxygen atoms in total. The van der Waals surface area contributed by atoms with E-state index < -0.39 is 11.7 Å². The van der Waals surface area contributed by atoms with Crippen molar-refractivity contribution in [3.8, 4) is 5.75 Å². The van der Waals surface area contributed by atoms with Crippen molar-refractivity contribution >= 4 is 34.6 Å². The van der Waals surface area contributed by atoms with Gasteiger partial charge in [-0.2, -0.15) is 13.2 Å². The van der Waals surface area contributed by atoms with Crippen LogP contribution in [0.5, 0.6) is 5.75 Å². The van der Waals surface area contributed by atoms with Crippen LogP contribution in [0.3, 0.4) is 0 Å². The Labute approximate surface area is 154 Å². The molecule has 0 unspecified atom stereocenters. The van der Waals surface area contributed by atoms with Gasteiger partial charge < -0.3 is 15.4 Å². The van der Waals surface area contributed by atoms with Gasteiger partial charge in [0, 0.05) is 12.2 Å². The molecule has 2 aromatic carbocycles. The first-order valence-corrected chi connectivity index (χ1v) is 8.21. The third kappa shape index (κ3) is 5.79. The second-order valence-corrected chi connectivity index (χ2v) is 5.90. The van der Waals surface area contributed by atoms with E-state index in [2.05, 4.69) is 10.6 Å². The minimum Gasteiger partial charge on any atom is -0.494 e. The Kier molecular flexibility index (Phi) is 6.50. The van der Waals surface area contributed by atoms with Gasteiger partial charge in [0.15, 0.2) is 5.11 Å². The Morgan fingerprint density at radius 2 is 1.96 bits per heavy atom. The highest BCUT2D eigenvalue weighted by atomic mass is 35.5. The number of nitrogens with one attached hydrogen (secondary N) is 2. The smallest absolute Gasteiger partial charge is 0.417 e. The molecule has 0 saturated heterocycles. The van der Waals surface area contributed by atoms with Gasteiger partial charge >= 0.3 is 6.18 Å². The maximum Gasteiger partial charge on any atom is 0.417 e. The van der Waals surface area contributed by atoms with Gasteiger partial charge in [-0.1, -0.05) is 23.7 Å². The van der Waals surface area contributed by atoms with Crippen LogP contribution in [0.2, 0.25) is 5.02 Å². The van der Waals surface area contributed by atoms with Crippen LogP contribution >= 0.6 is 23.8 Å². The molecule has 0 spiro atoms. The van der Waals surface area contributed by atoms with Gasteiger partial charge in [0.25, 0.3) is 0 Å². The topological polar surface area (TPSA) is 33.3 Å². The standard InChI is InChI=1S/C17H16ClF3N2OS/c1-2-24-13-5-3-4-11(8-13)10-22-16(25)23-12-6-7-15(18)14(9-12)17(19,20)21/h3-9H,2,10H2,1H3,(H2,22,23,25). The van der Waals surface area contributed by atoms with Crippen molar-refractivity contribution < 1.29 is 17.9 Å². The highest BCUT2D eigenvalue weighted by Gasteiger charge is 2.33. The van der Waals surface area contributed by atoms with E-state index in [4.69, 9.17) is 28.6 Å². The Bertz CT molecular complexity index is 753. The van der Waals surface area contributed by atoms with Gasteiger partial charge in [0.05, 0.1) is 17.2 Å². The lowest BCUT2D eigenvalue weighted by molar-refractivity contribution is -0.137. The Balaban J connectivity index is 1.98. The minimum absolute atomic E-state index is 0.206. The van der Waals surface area contributed by atoms with Crippen molar-refractivity contribution in [2.45, 2.75) is 19.6 Å². The van der Waals surface area contributed by atoms with Crippen LogP contribution in [0.4, 0.5) is 18.9 Å². The molecule has 134 valence electrons. The predicted octanol–water partition coefficient (Wildman–Crippen LogP) is 5.24. The van der Waals surface area contributed by atoms with Crippen LogP contribution in [0.1, 0.15) is 18.1 Å². The van der Waals surface area contributed by atoms with Crippen molar-refractivity contribution in [1.82, 2.24) is 5.32 Å². The summed E-state index contributed by atoms with van der Waals surface area (Å²) < 4.78 is 44.0. The molecular formula is C17H16ClF3N2OS. The van der Waals surface area contributed by atoms with E-state index in [1.54, 1.807) is 0 Å². The molecule has 8 heteroatoms. The van der Waals surface area contributed by atoms with Crippen molar-refractivity contribution in [3.05, 3.63) is 58.6 Å². The molecule has 0 aliphatic rings. The highest BCUT2D eigenvalue weighted by Crippen LogP contribution is 2.36. The fourth-order valence-corrected chi connectivity index (χ4v) is 2.50. The highest BCUT2D eigenvalue weighted by molar-refractivity contribution is 7.80. The zero-order valence-corrected chi connectivity index (χ0v) is 14.9. The number of thiocarbonyl (C=S) groups is 1. The summed E-state index contributed by atoms with van der Waals surface area (Å²) in [5, 5.41) is 5.51. The Hall–Kier alpha value is -1.99. The first kappa shape index (κ1) is 19.3. The van der Waals surface area contributed by atoms with E-state index in [-0.39, 0.29) is 15.8 Å². The van der Waals surface area contributed by atoms with E-state index in [9.17, 15) is 13.2 Å². The van der Waals surface area contributed by atoms with Crippen LogP contribution in [0.15, 0.2) is 42.5 Å². The first-order chi connectivity index (χ1) is 11.8. The summed E-state index contributed by atoms with van der Waals surface area (Å²) in [5.74, 6) is 0.744. The molecule has 0 radical (unpaired) electrons. The molecule has 0 saturated carbocycles. The molecular weight excluding hydrogens is 373 g/mol. The number of hydrogen-bond donors (Lipinski definition) is 2. The van der Waals surface area contributed by atoms with Gasteiger partial charge in [0.1, 0.15) is 5.75 Å². The first-order valence-electron chi connectivity index (χ1n) is 7.43. The fraction of sp³-hybridized carbons (Fsp3) is 0.235. The van der Waals surface area contributed by atoms with Crippen LogP contribution < -0.4 is 15.4 Å². The lowest BCUT2D eigenvalue weighted by Crippen LogP contribution is -2.28. The number of rotatable bonds is 5. The Morgan fingerprint density at radius 1 is 1.20 bits per heavy atom. The molecule has 0 bridgehead atoms. The number of hydrogen-bond acceptors (Lipinski definition) is 2. The number of benzene rings is 2. The number of ether oxygens (including phenoxy) is 1. The van der Waals surface area contributed by atoms with Crippen molar-refractivity contribution in [2.24, 2.45) is 0 Å². The molecule has 2 aromatic rings. The normalized spacial score (nSPS) is 11.1. The van der Waals surface area contributed by atoms with Gasteiger partial charge in [-0.05, 0) is 55.0 Å². The molecule has 2 rings (SSSR count). The van der Waals surface area contributed by atoms with Crippen LogP contribution in [0.25, 0.3) is 0 Å². The SMILES string of the molecule is CCOc1cccc(CNC(=S)Nc2ccc(Cl)c(C(F)(F)F)c2)c1. The minimum atomic E-state index is -4.52. The summed E-state index contributed by atoms with van der Waals surface area (Å²) in [5.41, 5.74) is 0.228. The predicted molar refractivity (Wildman–Crippen MR) is 97.1 cm³/mol. The second kappa shape index (κ2) is 8.40. The lowest BCUT2D eigenvalue weighted by Gasteiger charge is -2.14. The van der Waals surface area contributed by atoms with Crippen LogP contribution in [-0.2, 0) is 12.7 Å². The van der Waals surface area contributed by atoms with Gasteiger partial charge in [-0.15, -0.1) is 0 Å². The molecule has 0 aliphatic carbocycles. The van der Waals surface area contributed by atoms with Crippen LogP contribution in [0, 0.1) is 0 Å². The molecule has 0 aliphatic heterocycles. The average molecular weight is 389 g/mol. The maximum absolute atomic E-state index is 12.9. The van der Waals surface area contributed by atoms with Crippen molar-refractivity contribution in [1.29, 1.82) is 0 Å². The molecule has 0 heterocycles. The average Bonchev–Trinajstić information content (AvgIpc) is 2.54. The number of halogens is 4. The monoisotopic (exact) mass is 388 g/mol. The third-order valence-electron chi connectivity index (χ3n) is 3.19. The molecule has 25 heavy (non-hydrogen) atoms. The fourth-order valence-electron chi connectivity index (χ4n) is 2.09. The van der Waals surface area contributed by atoms with Crippen LogP contribution in [-0.4, -0.2) is 11.7 Å². The van der Waals surface area contributed by atoms with E-state index in [1.807, 2.05) is 31.2 Å². The van der Waals surface area contributed by atoms with Gasteiger partial charge in [0.2, 0.25) is 0 Å². The summed E-state index contributed by atoms with van der Waals surface area (Å²) in [4.78, 5) is 0. The second-order valence-electron chi connectivity index (χ2n) is 5.08. The Morgan fingerprint density at radius 3 is 2.64 bits per heavy atom. The molecule has 0 atom stereocenters. The summed E-state index contributed by atoms with van der Waals surface area (Å²) in [6.07, 6.45) is -4.52. The van der Waals surface area contributed by atoms with E-state index >= 15 is 0 Å².